The van der Waals surface area contributed by atoms with Gasteiger partial charge in [0.05, 0.1) is 5.69 Å². The standard InChI is InChI=1S/C15H20BrN3/c1-3-17-11-13(10-15-7-8-19(2)18-15)12-5-4-6-14(16)9-12/h4-9,13,17H,3,10-11H2,1-2H3. The van der Waals surface area contributed by atoms with Crippen molar-refractivity contribution in [3.05, 3.63) is 52.3 Å². The van der Waals surface area contributed by atoms with Crippen LogP contribution in [0.3, 0.4) is 0 Å². The third kappa shape index (κ3) is 4.18. The molecule has 2 rings (SSSR count). The Labute approximate surface area is 123 Å². The van der Waals surface area contributed by atoms with Crippen LogP contribution in [0.15, 0.2) is 41.0 Å². The number of rotatable bonds is 6. The molecule has 2 aromatic rings. The molecule has 0 aliphatic heterocycles. The largest absolute Gasteiger partial charge is 0.316 e. The van der Waals surface area contributed by atoms with Crippen molar-refractivity contribution < 1.29 is 0 Å². The van der Waals surface area contributed by atoms with Crippen LogP contribution in [0.25, 0.3) is 0 Å². The van der Waals surface area contributed by atoms with Crippen molar-refractivity contribution in [3.63, 3.8) is 0 Å². The normalized spacial score (nSPS) is 12.6. The molecule has 0 saturated heterocycles. The van der Waals surface area contributed by atoms with Crippen molar-refractivity contribution in [2.75, 3.05) is 13.1 Å². The van der Waals surface area contributed by atoms with Crippen molar-refractivity contribution in [1.29, 1.82) is 0 Å². The number of aryl methyl sites for hydroxylation is 1. The van der Waals surface area contributed by atoms with E-state index in [1.54, 1.807) is 0 Å². The maximum absolute atomic E-state index is 4.48. The topological polar surface area (TPSA) is 29.9 Å². The summed E-state index contributed by atoms with van der Waals surface area (Å²) in [5.74, 6) is 0.451. The average Bonchev–Trinajstić information content (AvgIpc) is 2.80. The lowest BCUT2D eigenvalue weighted by molar-refractivity contribution is 0.583. The van der Waals surface area contributed by atoms with Crippen molar-refractivity contribution in [3.8, 4) is 0 Å². The second kappa shape index (κ2) is 6.87. The van der Waals surface area contributed by atoms with Crippen LogP contribution in [-0.4, -0.2) is 22.9 Å². The van der Waals surface area contributed by atoms with Crippen LogP contribution in [0, 0.1) is 0 Å². The molecule has 1 aromatic carbocycles. The quantitative estimate of drug-likeness (QED) is 0.886. The van der Waals surface area contributed by atoms with Gasteiger partial charge in [-0.1, -0.05) is 35.0 Å². The predicted molar refractivity (Wildman–Crippen MR) is 82.3 cm³/mol. The molecule has 0 amide bonds. The summed E-state index contributed by atoms with van der Waals surface area (Å²) in [5.41, 5.74) is 2.49. The highest BCUT2D eigenvalue weighted by Crippen LogP contribution is 2.22. The molecule has 19 heavy (non-hydrogen) atoms. The predicted octanol–water partition coefficient (Wildman–Crippen LogP) is 3.12. The van der Waals surface area contributed by atoms with E-state index >= 15 is 0 Å². The molecule has 0 saturated carbocycles. The Morgan fingerprint density at radius 3 is 2.84 bits per heavy atom. The van der Waals surface area contributed by atoms with Crippen LogP contribution in [0.2, 0.25) is 0 Å². The molecule has 1 N–H and O–H groups in total. The molecule has 1 aromatic heterocycles. The Kier molecular flexibility index (Phi) is 5.16. The molecule has 4 heteroatoms. The first-order valence-electron chi connectivity index (χ1n) is 6.63. The minimum Gasteiger partial charge on any atom is -0.316 e. The van der Waals surface area contributed by atoms with Crippen LogP contribution >= 0.6 is 15.9 Å². The Bertz CT molecular complexity index is 522. The van der Waals surface area contributed by atoms with Crippen molar-refractivity contribution in [1.82, 2.24) is 15.1 Å². The molecular formula is C15H20BrN3. The van der Waals surface area contributed by atoms with Gasteiger partial charge in [0.15, 0.2) is 0 Å². The molecular weight excluding hydrogens is 302 g/mol. The van der Waals surface area contributed by atoms with Crippen molar-refractivity contribution >= 4 is 15.9 Å². The first-order chi connectivity index (χ1) is 9.19. The van der Waals surface area contributed by atoms with Crippen molar-refractivity contribution in [2.45, 2.75) is 19.3 Å². The van der Waals surface area contributed by atoms with E-state index in [1.165, 1.54) is 5.56 Å². The average molecular weight is 322 g/mol. The van der Waals surface area contributed by atoms with Gasteiger partial charge < -0.3 is 5.32 Å². The molecule has 0 spiro atoms. The Balaban J connectivity index is 2.15. The van der Waals surface area contributed by atoms with Crippen LogP contribution < -0.4 is 5.32 Å². The molecule has 1 atom stereocenters. The monoisotopic (exact) mass is 321 g/mol. The summed E-state index contributed by atoms with van der Waals surface area (Å²) in [7, 11) is 1.96. The lowest BCUT2D eigenvalue weighted by Gasteiger charge is -2.17. The fraction of sp³-hybridized carbons (Fsp3) is 0.400. The lowest BCUT2D eigenvalue weighted by atomic mass is 9.94. The van der Waals surface area contributed by atoms with E-state index in [2.05, 4.69) is 63.6 Å². The van der Waals surface area contributed by atoms with Gasteiger partial charge in [-0.15, -0.1) is 0 Å². The van der Waals surface area contributed by atoms with E-state index in [0.29, 0.717) is 5.92 Å². The molecule has 0 fully saturated rings. The van der Waals surface area contributed by atoms with E-state index in [0.717, 1.165) is 29.7 Å². The van der Waals surface area contributed by atoms with Gasteiger partial charge in [0, 0.05) is 30.2 Å². The molecule has 1 unspecified atom stereocenters. The highest BCUT2D eigenvalue weighted by molar-refractivity contribution is 9.10. The van der Waals surface area contributed by atoms with Gasteiger partial charge in [-0.25, -0.2) is 0 Å². The van der Waals surface area contributed by atoms with Gasteiger partial charge in [0.2, 0.25) is 0 Å². The molecule has 3 nitrogen and oxygen atoms in total. The van der Waals surface area contributed by atoms with Gasteiger partial charge in [0.25, 0.3) is 0 Å². The highest BCUT2D eigenvalue weighted by Gasteiger charge is 2.13. The Morgan fingerprint density at radius 1 is 1.37 bits per heavy atom. The van der Waals surface area contributed by atoms with E-state index in [-0.39, 0.29) is 0 Å². The zero-order valence-corrected chi connectivity index (χ0v) is 13.0. The second-order valence-electron chi connectivity index (χ2n) is 4.74. The van der Waals surface area contributed by atoms with Gasteiger partial charge in [-0.05, 0) is 36.7 Å². The zero-order chi connectivity index (χ0) is 13.7. The summed E-state index contributed by atoms with van der Waals surface area (Å²) >= 11 is 3.55. The molecule has 0 bridgehead atoms. The summed E-state index contributed by atoms with van der Waals surface area (Å²) in [5, 5.41) is 7.93. The minimum absolute atomic E-state index is 0.451. The van der Waals surface area contributed by atoms with E-state index in [1.807, 2.05) is 17.9 Å². The van der Waals surface area contributed by atoms with E-state index in [9.17, 15) is 0 Å². The van der Waals surface area contributed by atoms with E-state index in [4.69, 9.17) is 0 Å². The number of aromatic nitrogens is 2. The molecule has 0 aliphatic rings. The summed E-state index contributed by atoms with van der Waals surface area (Å²) in [6, 6.07) is 10.6. The molecule has 0 aliphatic carbocycles. The van der Waals surface area contributed by atoms with Gasteiger partial charge >= 0.3 is 0 Å². The second-order valence-corrected chi connectivity index (χ2v) is 5.66. The summed E-state index contributed by atoms with van der Waals surface area (Å²) in [6.07, 6.45) is 2.96. The minimum atomic E-state index is 0.451. The number of hydrogen-bond acceptors (Lipinski definition) is 2. The summed E-state index contributed by atoms with van der Waals surface area (Å²) < 4.78 is 2.99. The number of benzene rings is 1. The van der Waals surface area contributed by atoms with Gasteiger partial charge in [-0.2, -0.15) is 5.10 Å². The number of halogens is 1. The highest BCUT2D eigenvalue weighted by atomic mass is 79.9. The maximum Gasteiger partial charge on any atom is 0.0631 e. The fourth-order valence-electron chi connectivity index (χ4n) is 2.21. The van der Waals surface area contributed by atoms with Crippen molar-refractivity contribution in [2.24, 2.45) is 7.05 Å². The first-order valence-corrected chi connectivity index (χ1v) is 7.43. The molecule has 102 valence electrons. The first kappa shape index (κ1) is 14.3. The molecule has 0 radical (unpaired) electrons. The maximum atomic E-state index is 4.48. The van der Waals surface area contributed by atoms with E-state index < -0.39 is 0 Å². The fourth-order valence-corrected chi connectivity index (χ4v) is 2.63. The summed E-state index contributed by atoms with van der Waals surface area (Å²) in [6.45, 7) is 4.11. The van der Waals surface area contributed by atoms with Crippen LogP contribution in [0.4, 0.5) is 0 Å². The third-order valence-electron chi connectivity index (χ3n) is 3.19. The number of nitrogens with zero attached hydrogens (tertiary/aromatic N) is 2. The SMILES string of the molecule is CCNCC(Cc1ccn(C)n1)c1cccc(Br)c1. The van der Waals surface area contributed by atoms with Gasteiger partial charge in [-0.3, -0.25) is 4.68 Å². The molecule has 1 heterocycles. The number of likely N-dealkylation sites (N-methyl/N-ethyl adjacent to an activating group) is 1. The Hall–Kier alpha value is -1.13. The van der Waals surface area contributed by atoms with Gasteiger partial charge in [0.1, 0.15) is 0 Å². The summed E-state index contributed by atoms with van der Waals surface area (Å²) in [4.78, 5) is 0. The van der Waals surface area contributed by atoms with Crippen LogP contribution in [0.5, 0.6) is 0 Å². The third-order valence-corrected chi connectivity index (χ3v) is 3.68. The zero-order valence-electron chi connectivity index (χ0n) is 11.4. The smallest absolute Gasteiger partial charge is 0.0631 e. The number of nitrogens with one attached hydrogen (secondary N) is 1. The van der Waals surface area contributed by atoms with Crippen LogP contribution in [0.1, 0.15) is 24.1 Å². The Morgan fingerprint density at radius 2 is 2.21 bits per heavy atom. The van der Waals surface area contributed by atoms with Crippen LogP contribution in [-0.2, 0) is 13.5 Å². The lowest BCUT2D eigenvalue weighted by Crippen LogP contribution is -2.22. The number of hydrogen-bond donors (Lipinski definition) is 1.